The second kappa shape index (κ2) is 7.49. The van der Waals surface area contributed by atoms with Crippen LogP contribution < -0.4 is 5.32 Å². The van der Waals surface area contributed by atoms with Gasteiger partial charge in [0.2, 0.25) is 5.76 Å². The van der Waals surface area contributed by atoms with Gasteiger partial charge in [0.05, 0.1) is 17.6 Å². The molecule has 0 saturated heterocycles. The minimum atomic E-state index is -0.693. The summed E-state index contributed by atoms with van der Waals surface area (Å²) in [5.41, 5.74) is 1.45. The smallest absolute Gasteiger partial charge is 0.374 e. The Hall–Kier alpha value is -3.35. The van der Waals surface area contributed by atoms with Crippen molar-refractivity contribution in [1.82, 2.24) is 9.78 Å². The largest absolute Gasteiger partial charge is 0.457 e. The predicted molar refractivity (Wildman–Crippen MR) is 99.9 cm³/mol. The molecule has 27 heavy (non-hydrogen) atoms. The number of carbonyl (C=O) groups excluding carboxylic acids is 2. The van der Waals surface area contributed by atoms with Crippen LogP contribution in [0.2, 0.25) is 0 Å². The van der Waals surface area contributed by atoms with E-state index in [1.165, 1.54) is 12.3 Å². The van der Waals surface area contributed by atoms with Crippen molar-refractivity contribution in [3.63, 3.8) is 0 Å². The summed E-state index contributed by atoms with van der Waals surface area (Å²) in [6.45, 7) is 5.70. The molecule has 3 aromatic rings. The third kappa shape index (κ3) is 4.44. The Morgan fingerprint density at radius 2 is 1.89 bits per heavy atom. The minimum Gasteiger partial charge on any atom is -0.457 e. The average molecular weight is 367 g/mol. The number of anilines is 1. The Morgan fingerprint density at radius 1 is 1.15 bits per heavy atom. The van der Waals surface area contributed by atoms with Crippen LogP contribution in [0, 0.1) is 0 Å². The zero-order valence-corrected chi connectivity index (χ0v) is 15.4. The molecular weight excluding hydrogens is 346 g/mol. The summed E-state index contributed by atoms with van der Waals surface area (Å²) in [6, 6.07) is 14.3. The van der Waals surface area contributed by atoms with Gasteiger partial charge < -0.3 is 14.5 Å². The van der Waals surface area contributed by atoms with Gasteiger partial charge in [0, 0.05) is 11.5 Å². The summed E-state index contributed by atoms with van der Waals surface area (Å²) in [5, 5.41) is 7.38. The van der Waals surface area contributed by atoms with E-state index in [4.69, 9.17) is 9.15 Å². The molecule has 0 unspecified atom stereocenters. The Kier molecular flexibility index (Phi) is 5.12. The summed E-state index contributed by atoms with van der Waals surface area (Å²) in [4.78, 5) is 24.0. The highest BCUT2D eigenvalue weighted by atomic mass is 16.5. The van der Waals surface area contributed by atoms with Crippen molar-refractivity contribution in [2.24, 2.45) is 0 Å². The van der Waals surface area contributed by atoms with E-state index in [9.17, 15) is 9.59 Å². The Bertz CT molecular complexity index is 922. The van der Waals surface area contributed by atoms with Crippen LogP contribution in [0.5, 0.6) is 0 Å². The molecule has 0 aliphatic carbocycles. The van der Waals surface area contributed by atoms with Crippen LogP contribution in [-0.4, -0.2) is 28.3 Å². The van der Waals surface area contributed by atoms with Crippen molar-refractivity contribution in [3.8, 4) is 5.69 Å². The molecule has 0 atom stereocenters. The molecule has 0 aliphatic rings. The molecule has 1 aromatic carbocycles. The average Bonchev–Trinajstić information content (AvgIpc) is 3.30. The summed E-state index contributed by atoms with van der Waals surface area (Å²) in [5.74, 6) is -0.605. The third-order valence-corrected chi connectivity index (χ3v) is 3.80. The van der Waals surface area contributed by atoms with Gasteiger partial charge in [0.15, 0.2) is 6.61 Å². The van der Waals surface area contributed by atoms with Crippen molar-refractivity contribution in [1.29, 1.82) is 0 Å². The van der Waals surface area contributed by atoms with Crippen molar-refractivity contribution >= 4 is 17.7 Å². The summed E-state index contributed by atoms with van der Waals surface area (Å²) in [7, 11) is 0. The fraction of sp³-hybridized carbons (Fsp3) is 0.250. The zero-order chi connectivity index (χ0) is 19.4. The number of hydrogen-bond acceptors (Lipinski definition) is 5. The molecule has 0 bridgehead atoms. The molecule has 0 saturated carbocycles. The van der Waals surface area contributed by atoms with Crippen LogP contribution in [0.1, 0.15) is 37.0 Å². The second-order valence-corrected chi connectivity index (χ2v) is 7.01. The summed E-state index contributed by atoms with van der Waals surface area (Å²) >= 11 is 0. The lowest BCUT2D eigenvalue weighted by molar-refractivity contribution is -0.119. The van der Waals surface area contributed by atoms with E-state index in [2.05, 4.69) is 10.4 Å². The van der Waals surface area contributed by atoms with Crippen LogP contribution in [0.15, 0.2) is 59.2 Å². The van der Waals surface area contributed by atoms with Crippen molar-refractivity contribution in [2.75, 3.05) is 11.9 Å². The van der Waals surface area contributed by atoms with E-state index in [0.29, 0.717) is 5.82 Å². The molecular formula is C20H21N3O4. The fourth-order valence-corrected chi connectivity index (χ4v) is 2.38. The highest BCUT2D eigenvalue weighted by Gasteiger charge is 2.22. The molecule has 7 heteroatoms. The number of ether oxygens (including phenoxy) is 1. The number of nitrogens with one attached hydrogen (secondary N) is 1. The van der Waals surface area contributed by atoms with Gasteiger partial charge in [0.1, 0.15) is 5.82 Å². The summed E-state index contributed by atoms with van der Waals surface area (Å²) < 4.78 is 11.6. The van der Waals surface area contributed by atoms with Crippen LogP contribution in [0.25, 0.3) is 5.69 Å². The first-order valence-corrected chi connectivity index (χ1v) is 8.51. The number of nitrogens with zero attached hydrogens (tertiary/aromatic N) is 2. The van der Waals surface area contributed by atoms with Gasteiger partial charge in [0.25, 0.3) is 5.91 Å². The quantitative estimate of drug-likeness (QED) is 0.697. The van der Waals surface area contributed by atoms with E-state index < -0.39 is 18.5 Å². The first-order chi connectivity index (χ1) is 12.8. The topological polar surface area (TPSA) is 86.4 Å². The van der Waals surface area contributed by atoms with Crippen molar-refractivity contribution in [3.05, 3.63) is 66.2 Å². The van der Waals surface area contributed by atoms with Gasteiger partial charge in [-0.2, -0.15) is 5.10 Å². The molecule has 1 amide bonds. The first-order valence-electron chi connectivity index (χ1n) is 8.51. The van der Waals surface area contributed by atoms with Gasteiger partial charge in [-0.1, -0.05) is 39.0 Å². The Labute approximate surface area is 156 Å². The number of aromatic nitrogens is 2. The van der Waals surface area contributed by atoms with Gasteiger partial charge >= 0.3 is 5.97 Å². The van der Waals surface area contributed by atoms with E-state index in [0.717, 1.165) is 11.4 Å². The second-order valence-electron chi connectivity index (χ2n) is 7.01. The summed E-state index contributed by atoms with van der Waals surface area (Å²) in [6.07, 6.45) is 1.36. The number of para-hydroxylation sites is 1. The van der Waals surface area contributed by atoms with Crippen LogP contribution in [0.4, 0.5) is 5.82 Å². The Morgan fingerprint density at radius 3 is 2.52 bits per heavy atom. The number of benzene rings is 1. The predicted octanol–water partition coefficient (Wildman–Crippen LogP) is 3.56. The molecule has 7 nitrogen and oxygen atoms in total. The number of carbonyl (C=O) groups is 2. The molecule has 0 aliphatic heterocycles. The monoisotopic (exact) mass is 367 g/mol. The van der Waals surface area contributed by atoms with Crippen molar-refractivity contribution in [2.45, 2.75) is 26.2 Å². The Balaban J connectivity index is 1.76. The minimum absolute atomic E-state index is 0.0483. The number of hydrogen-bond donors (Lipinski definition) is 1. The molecule has 2 aromatic heterocycles. The highest BCUT2D eigenvalue weighted by Crippen LogP contribution is 2.26. The van der Waals surface area contributed by atoms with Crippen LogP contribution in [-0.2, 0) is 14.9 Å². The number of rotatable bonds is 5. The molecule has 2 heterocycles. The lowest BCUT2D eigenvalue weighted by Gasteiger charge is -2.14. The number of amides is 1. The van der Waals surface area contributed by atoms with E-state index in [1.54, 1.807) is 10.7 Å². The maximum Gasteiger partial charge on any atom is 0.374 e. The van der Waals surface area contributed by atoms with Crippen LogP contribution >= 0.6 is 0 Å². The fourth-order valence-electron chi connectivity index (χ4n) is 2.38. The maximum atomic E-state index is 12.3. The normalized spacial score (nSPS) is 11.2. The lowest BCUT2D eigenvalue weighted by Crippen LogP contribution is -2.22. The SMILES string of the molecule is CC(C)(C)c1cc(NC(=O)COC(=O)c2ccco2)n(-c2ccccc2)n1. The third-order valence-electron chi connectivity index (χ3n) is 3.80. The molecule has 1 N–H and O–H groups in total. The van der Waals surface area contributed by atoms with Gasteiger partial charge in [-0.05, 0) is 24.3 Å². The number of esters is 1. The molecule has 140 valence electrons. The van der Waals surface area contributed by atoms with E-state index in [-0.39, 0.29) is 11.2 Å². The van der Waals surface area contributed by atoms with Gasteiger partial charge in [-0.3, -0.25) is 4.79 Å². The van der Waals surface area contributed by atoms with Crippen LogP contribution in [0.3, 0.4) is 0 Å². The molecule has 0 radical (unpaired) electrons. The lowest BCUT2D eigenvalue weighted by atomic mass is 9.92. The molecule has 3 rings (SSSR count). The maximum absolute atomic E-state index is 12.3. The van der Waals surface area contributed by atoms with E-state index >= 15 is 0 Å². The van der Waals surface area contributed by atoms with Gasteiger partial charge in [-0.25, -0.2) is 9.48 Å². The standard InChI is InChI=1S/C20H21N3O4/c1-20(2,3)16-12-17(23(22-16)14-8-5-4-6-9-14)21-18(24)13-27-19(25)15-10-7-11-26-15/h4-12H,13H2,1-3H3,(H,21,24). The first kappa shape index (κ1) is 18.4. The van der Waals surface area contributed by atoms with Crippen molar-refractivity contribution < 1.29 is 18.7 Å². The molecule has 0 fully saturated rings. The zero-order valence-electron chi connectivity index (χ0n) is 15.4. The highest BCUT2D eigenvalue weighted by molar-refractivity contribution is 5.94. The molecule has 0 spiro atoms. The van der Waals surface area contributed by atoms with E-state index in [1.807, 2.05) is 57.2 Å². The number of furan rings is 1. The van der Waals surface area contributed by atoms with Gasteiger partial charge in [-0.15, -0.1) is 0 Å².